The van der Waals surface area contributed by atoms with Crippen LogP contribution in [0, 0.1) is 0 Å². The van der Waals surface area contributed by atoms with Gasteiger partial charge in [0.25, 0.3) is 0 Å². The Bertz CT molecular complexity index is 257. The predicted molar refractivity (Wildman–Crippen MR) is 78.7 cm³/mol. The molecule has 0 aliphatic heterocycles. The number of ether oxygens (including phenoxy) is 4. The van der Waals surface area contributed by atoms with Crippen LogP contribution in [0.1, 0.15) is 26.7 Å². The molecule has 0 heterocycles. The molecule has 0 aromatic rings. The smallest absolute Gasteiger partial charge is 0.305 e. The molecule has 2 N–H and O–H groups in total. The molecule has 0 saturated heterocycles. The van der Waals surface area contributed by atoms with Gasteiger partial charge in [-0.15, -0.1) is 0 Å². The van der Waals surface area contributed by atoms with E-state index in [0.717, 1.165) is 0 Å². The third-order valence-electron chi connectivity index (χ3n) is 2.06. The molecule has 0 aromatic heterocycles. The van der Waals surface area contributed by atoms with Gasteiger partial charge in [-0.25, -0.2) is 0 Å². The summed E-state index contributed by atoms with van der Waals surface area (Å²) in [6, 6.07) is 0. The first kappa shape index (κ1) is 23.1. The van der Waals surface area contributed by atoms with Gasteiger partial charge in [0.1, 0.15) is 6.61 Å². The lowest BCUT2D eigenvalue weighted by Gasteiger charge is -2.06. The molecule has 0 radical (unpaired) electrons. The highest BCUT2D eigenvalue weighted by molar-refractivity contribution is 5.68. The first-order valence-electron chi connectivity index (χ1n) is 7.29. The van der Waals surface area contributed by atoms with Crippen LogP contribution in [-0.4, -0.2) is 75.0 Å². The number of carboxylic acid groups (broad SMARTS) is 1. The van der Waals surface area contributed by atoms with Gasteiger partial charge in [0, 0.05) is 12.8 Å². The van der Waals surface area contributed by atoms with Crippen molar-refractivity contribution >= 4 is 11.9 Å². The molecule has 0 atom stereocenters. The molecular formula is C14H28O8. The van der Waals surface area contributed by atoms with Gasteiger partial charge in [-0.05, 0) is 0 Å². The maximum Gasteiger partial charge on any atom is 0.305 e. The van der Waals surface area contributed by atoms with Crippen molar-refractivity contribution in [2.45, 2.75) is 26.7 Å². The first-order chi connectivity index (χ1) is 10.6. The Kier molecular flexibility index (Phi) is 20.7. The zero-order valence-corrected chi connectivity index (χ0v) is 13.4. The summed E-state index contributed by atoms with van der Waals surface area (Å²) >= 11 is 0. The van der Waals surface area contributed by atoms with E-state index in [1.165, 1.54) is 0 Å². The standard InChI is InChI=1S/C11H22O6.C3H6O2/c1-2-11(13)17-10-9-16-8-7-15-6-5-14-4-3-12;1-2-3(4)5/h12H,2-10H2,1H3;2H2,1H3,(H,4,5). The first-order valence-corrected chi connectivity index (χ1v) is 7.29. The SMILES string of the molecule is CCC(=O)O.CCC(=O)OCCOCCOCCOCCO. The Morgan fingerprint density at radius 1 is 0.773 bits per heavy atom. The highest BCUT2D eigenvalue weighted by Gasteiger charge is 1.97. The number of carboxylic acids is 1. The molecule has 0 aromatic carbocycles. The lowest BCUT2D eigenvalue weighted by molar-refractivity contribution is -0.145. The van der Waals surface area contributed by atoms with Crippen LogP contribution in [0.3, 0.4) is 0 Å². The van der Waals surface area contributed by atoms with E-state index in [2.05, 4.69) is 0 Å². The van der Waals surface area contributed by atoms with Gasteiger partial charge >= 0.3 is 11.9 Å². The van der Waals surface area contributed by atoms with E-state index < -0.39 is 5.97 Å². The number of hydrogen-bond acceptors (Lipinski definition) is 7. The highest BCUT2D eigenvalue weighted by atomic mass is 16.6. The average molecular weight is 324 g/mol. The summed E-state index contributed by atoms with van der Waals surface area (Å²) in [7, 11) is 0. The predicted octanol–water partition coefficient (Wildman–Crippen LogP) is 0.463. The molecule has 0 spiro atoms. The number of aliphatic carboxylic acids is 1. The van der Waals surface area contributed by atoms with E-state index in [1.54, 1.807) is 13.8 Å². The Hall–Kier alpha value is -1.22. The van der Waals surface area contributed by atoms with Crippen LogP contribution >= 0.6 is 0 Å². The van der Waals surface area contributed by atoms with Crippen molar-refractivity contribution in [2.24, 2.45) is 0 Å². The molecule has 132 valence electrons. The summed E-state index contributed by atoms with van der Waals surface area (Å²) in [5, 5.41) is 16.1. The summed E-state index contributed by atoms with van der Waals surface area (Å²) < 4.78 is 20.2. The van der Waals surface area contributed by atoms with E-state index in [0.29, 0.717) is 46.1 Å². The second kappa shape index (κ2) is 19.8. The van der Waals surface area contributed by atoms with Crippen LogP contribution in [0.5, 0.6) is 0 Å². The van der Waals surface area contributed by atoms with Crippen LogP contribution in [0.15, 0.2) is 0 Å². The van der Waals surface area contributed by atoms with Crippen LogP contribution in [0.2, 0.25) is 0 Å². The van der Waals surface area contributed by atoms with Crippen LogP contribution in [0.25, 0.3) is 0 Å². The zero-order chi connectivity index (χ0) is 17.1. The van der Waals surface area contributed by atoms with Crippen molar-refractivity contribution in [1.29, 1.82) is 0 Å². The molecule has 8 nitrogen and oxygen atoms in total. The van der Waals surface area contributed by atoms with Crippen molar-refractivity contribution in [2.75, 3.05) is 52.9 Å². The maximum absolute atomic E-state index is 10.7. The fourth-order valence-corrected chi connectivity index (χ4v) is 0.923. The molecule has 0 amide bonds. The lowest BCUT2D eigenvalue weighted by Crippen LogP contribution is -2.13. The number of carbonyl (C=O) groups is 2. The number of aliphatic hydroxyl groups excluding tert-OH is 1. The Labute approximate surface area is 131 Å². The Morgan fingerprint density at radius 3 is 1.55 bits per heavy atom. The van der Waals surface area contributed by atoms with Gasteiger partial charge in [0.15, 0.2) is 0 Å². The molecular weight excluding hydrogens is 296 g/mol. The van der Waals surface area contributed by atoms with E-state index in [9.17, 15) is 9.59 Å². The minimum absolute atomic E-state index is 0.0274. The van der Waals surface area contributed by atoms with Crippen molar-refractivity contribution in [3.05, 3.63) is 0 Å². The van der Waals surface area contributed by atoms with Crippen LogP contribution < -0.4 is 0 Å². The zero-order valence-electron chi connectivity index (χ0n) is 13.4. The summed E-state index contributed by atoms with van der Waals surface area (Å²) in [6.07, 6.45) is 0.608. The highest BCUT2D eigenvalue weighted by Crippen LogP contribution is 1.85. The Balaban J connectivity index is 0. The number of rotatable bonds is 13. The monoisotopic (exact) mass is 324 g/mol. The third kappa shape index (κ3) is 23.8. The largest absolute Gasteiger partial charge is 0.481 e. The molecule has 0 fully saturated rings. The third-order valence-corrected chi connectivity index (χ3v) is 2.06. The summed E-state index contributed by atoms with van der Waals surface area (Å²) in [5.74, 6) is -0.962. The van der Waals surface area contributed by atoms with Gasteiger partial charge in [0.05, 0.1) is 46.2 Å². The van der Waals surface area contributed by atoms with Crippen molar-refractivity contribution in [3.8, 4) is 0 Å². The van der Waals surface area contributed by atoms with Crippen LogP contribution in [0.4, 0.5) is 0 Å². The minimum atomic E-state index is -0.745. The van der Waals surface area contributed by atoms with Gasteiger partial charge in [-0.1, -0.05) is 13.8 Å². The summed E-state index contributed by atoms with van der Waals surface area (Å²) in [4.78, 5) is 20.1. The number of esters is 1. The molecule has 8 heteroatoms. The Morgan fingerprint density at radius 2 is 1.18 bits per heavy atom. The van der Waals surface area contributed by atoms with Crippen molar-refractivity contribution in [3.63, 3.8) is 0 Å². The van der Waals surface area contributed by atoms with Gasteiger partial charge in [0.2, 0.25) is 0 Å². The van der Waals surface area contributed by atoms with Crippen molar-refractivity contribution in [1.82, 2.24) is 0 Å². The van der Waals surface area contributed by atoms with E-state index >= 15 is 0 Å². The van der Waals surface area contributed by atoms with Gasteiger partial charge in [-0.3, -0.25) is 9.59 Å². The van der Waals surface area contributed by atoms with E-state index in [4.69, 9.17) is 29.2 Å². The quantitative estimate of drug-likeness (QED) is 0.371. The molecule has 22 heavy (non-hydrogen) atoms. The fraction of sp³-hybridized carbons (Fsp3) is 0.857. The van der Waals surface area contributed by atoms with Gasteiger partial charge in [-0.2, -0.15) is 0 Å². The summed E-state index contributed by atoms with van der Waals surface area (Å²) in [5.41, 5.74) is 0. The maximum atomic E-state index is 10.7. The average Bonchev–Trinajstić information content (AvgIpc) is 2.52. The number of carbonyl (C=O) groups excluding carboxylic acids is 1. The van der Waals surface area contributed by atoms with E-state index in [-0.39, 0.29) is 25.6 Å². The van der Waals surface area contributed by atoms with Crippen LogP contribution in [-0.2, 0) is 28.5 Å². The second-order valence-electron chi connectivity index (χ2n) is 3.88. The van der Waals surface area contributed by atoms with Crippen molar-refractivity contribution < 1.29 is 38.7 Å². The number of aliphatic hydroxyl groups is 1. The molecule has 0 aliphatic rings. The molecule has 0 unspecified atom stereocenters. The summed E-state index contributed by atoms with van der Waals surface area (Å²) in [6.45, 7) is 6.26. The van der Waals surface area contributed by atoms with E-state index in [1.807, 2.05) is 0 Å². The van der Waals surface area contributed by atoms with Gasteiger partial charge < -0.3 is 29.2 Å². The topological polar surface area (TPSA) is 112 Å². The lowest BCUT2D eigenvalue weighted by atomic mass is 10.5. The molecule has 0 bridgehead atoms. The molecule has 0 rings (SSSR count). The normalized spacial score (nSPS) is 9.77. The molecule has 0 saturated carbocycles. The second-order valence-corrected chi connectivity index (χ2v) is 3.88. The fourth-order valence-electron chi connectivity index (χ4n) is 0.923. The number of hydrogen-bond donors (Lipinski definition) is 2. The minimum Gasteiger partial charge on any atom is -0.481 e. The molecule has 0 aliphatic carbocycles.